The van der Waals surface area contributed by atoms with Crippen LogP contribution >= 0.6 is 27.3 Å². The first-order chi connectivity index (χ1) is 18.3. The van der Waals surface area contributed by atoms with E-state index < -0.39 is 35.7 Å². The second kappa shape index (κ2) is 12.6. The van der Waals surface area contributed by atoms with Crippen LogP contribution in [0.25, 0.3) is 0 Å². The molecule has 11 nitrogen and oxygen atoms in total. The van der Waals surface area contributed by atoms with Gasteiger partial charge in [0.25, 0.3) is 0 Å². The number of carbonyl (C=O) groups is 3. The van der Waals surface area contributed by atoms with Crippen molar-refractivity contribution in [3.8, 4) is 0 Å². The van der Waals surface area contributed by atoms with Gasteiger partial charge in [-0.2, -0.15) is 0 Å². The number of nitrogens with one attached hydrogen (secondary N) is 2. The predicted molar refractivity (Wildman–Crippen MR) is 139 cm³/mol. The number of nitrogens with zero attached hydrogens (tertiary/aromatic N) is 3. The second-order valence-corrected chi connectivity index (χ2v) is 10.0. The van der Waals surface area contributed by atoms with Gasteiger partial charge in [0.15, 0.2) is 10.8 Å². The molecule has 2 aliphatic rings. The number of aliphatic carboxylic acids is 1. The lowest BCUT2D eigenvalue weighted by Gasteiger charge is -2.36. The summed E-state index contributed by atoms with van der Waals surface area (Å²) in [5.74, 6) is -2.35. The van der Waals surface area contributed by atoms with E-state index in [1.807, 2.05) is 0 Å². The van der Waals surface area contributed by atoms with E-state index >= 15 is 0 Å². The molecule has 202 valence electrons. The molecule has 2 unspecified atom stereocenters. The van der Waals surface area contributed by atoms with Crippen LogP contribution in [0.3, 0.4) is 0 Å². The minimum Gasteiger partial charge on any atom is -0.478 e. The van der Waals surface area contributed by atoms with Crippen LogP contribution in [0.2, 0.25) is 0 Å². The van der Waals surface area contributed by atoms with Crippen LogP contribution < -0.4 is 10.6 Å². The highest BCUT2D eigenvalue weighted by atomic mass is 79.9. The van der Waals surface area contributed by atoms with Crippen molar-refractivity contribution < 1.29 is 33.4 Å². The highest BCUT2D eigenvalue weighted by molar-refractivity contribution is 9.10. The van der Waals surface area contributed by atoms with Crippen molar-refractivity contribution >= 4 is 50.9 Å². The number of aromatic nitrogens is 1. The van der Waals surface area contributed by atoms with E-state index in [0.29, 0.717) is 39.7 Å². The lowest BCUT2D eigenvalue weighted by molar-refractivity contribution is -0.145. The molecular weight excluding hydrogens is 585 g/mol. The fraction of sp³-hybridized carbons (Fsp3) is 0.375. The summed E-state index contributed by atoms with van der Waals surface area (Å²) in [4.78, 5) is 47.9. The Balaban J connectivity index is 1.67. The maximum atomic E-state index is 13.8. The van der Waals surface area contributed by atoms with Gasteiger partial charge in [0.2, 0.25) is 5.91 Å². The number of carbonyl (C=O) groups excluding carboxylic acids is 2. The Morgan fingerprint density at radius 2 is 2.21 bits per heavy atom. The number of amides is 1. The van der Waals surface area contributed by atoms with Crippen molar-refractivity contribution in [2.75, 3.05) is 39.5 Å². The minimum absolute atomic E-state index is 0.0438. The molecule has 2 atom stereocenters. The summed E-state index contributed by atoms with van der Waals surface area (Å²) in [7, 11) is 0. The Morgan fingerprint density at radius 3 is 2.89 bits per heavy atom. The summed E-state index contributed by atoms with van der Waals surface area (Å²) in [6.07, 6.45) is 1.61. The highest BCUT2D eigenvalue weighted by Crippen LogP contribution is 2.36. The van der Waals surface area contributed by atoms with E-state index in [1.165, 1.54) is 29.5 Å². The van der Waals surface area contributed by atoms with E-state index in [1.54, 1.807) is 23.4 Å². The number of halogens is 2. The molecule has 3 heterocycles. The van der Waals surface area contributed by atoms with Gasteiger partial charge in [-0.3, -0.25) is 19.5 Å². The van der Waals surface area contributed by atoms with E-state index in [4.69, 9.17) is 9.47 Å². The largest absolute Gasteiger partial charge is 0.478 e. The molecule has 2 aromatic rings. The first-order valence-corrected chi connectivity index (χ1v) is 13.4. The average Bonchev–Trinajstić information content (AvgIpc) is 3.42. The van der Waals surface area contributed by atoms with Gasteiger partial charge >= 0.3 is 11.9 Å². The average molecular weight is 610 g/mol. The summed E-state index contributed by atoms with van der Waals surface area (Å²) in [5, 5.41) is 18.2. The molecular formula is C24H25BrFN5O6S. The normalized spacial score (nSPS) is 19.9. The number of esters is 1. The number of carboxylic acids is 1. The zero-order chi connectivity index (χ0) is 27.2. The van der Waals surface area contributed by atoms with E-state index in [2.05, 4.69) is 36.5 Å². The molecule has 38 heavy (non-hydrogen) atoms. The molecule has 1 fully saturated rings. The number of aliphatic imine (C=N–C) groups is 1. The van der Waals surface area contributed by atoms with Gasteiger partial charge in [0, 0.05) is 34.8 Å². The van der Waals surface area contributed by atoms with Gasteiger partial charge in [0.05, 0.1) is 25.4 Å². The first kappa shape index (κ1) is 27.8. The highest BCUT2D eigenvalue weighted by Gasteiger charge is 2.36. The number of amidine groups is 1. The Hall–Kier alpha value is -3.20. The number of carboxylic acid groups (broad SMARTS) is 1. The van der Waals surface area contributed by atoms with Gasteiger partial charge in [-0.1, -0.05) is 22.0 Å². The van der Waals surface area contributed by atoms with Crippen molar-refractivity contribution in [3.05, 3.63) is 61.9 Å². The molecule has 1 aromatic carbocycles. The van der Waals surface area contributed by atoms with Gasteiger partial charge < -0.3 is 25.2 Å². The van der Waals surface area contributed by atoms with Crippen molar-refractivity contribution in [2.45, 2.75) is 19.0 Å². The third-order valence-corrected chi connectivity index (χ3v) is 7.33. The number of rotatable bonds is 9. The lowest BCUT2D eigenvalue weighted by atomic mass is 9.95. The summed E-state index contributed by atoms with van der Waals surface area (Å²) in [5.41, 5.74) is 0.723. The lowest BCUT2D eigenvalue weighted by Crippen LogP contribution is -2.56. The smallest absolute Gasteiger partial charge is 0.335 e. The summed E-state index contributed by atoms with van der Waals surface area (Å²) in [6, 6.07) is 2.22. The van der Waals surface area contributed by atoms with Gasteiger partial charge in [-0.15, -0.1) is 11.3 Å². The molecule has 2 aliphatic heterocycles. The van der Waals surface area contributed by atoms with Crippen molar-refractivity contribution in [1.82, 2.24) is 20.5 Å². The van der Waals surface area contributed by atoms with Crippen LogP contribution in [0.1, 0.15) is 23.5 Å². The molecule has 1 amide bonds. The maximum Gasteiger partial charge on any atom is 0.335 e. The SMILES string of the molecule is CCOC(=O)CNC(=O)C1COCCN1CC1=C(C(=O)O)C(c2ccc(F)cc2Br)N=C(c2nccs2)N1. The molecule has 1 saturated heterocycles. The third-order valence-electron chi connectivity index (χ3n) is 5.86. The number of ether oxygens (including phenoxy) is 2. The van der Waals surface area contributed by atoms with Gasteiger partial charge in [-0.05, 0) is 24.6 Å². The van der Waals surface area contributed by atoms with Crippen LogP contribution in [0.15, 0.2) is 50.5 Å². The van der Waals surface area contributed by atoms with Crippen LogP contribution in [-0.4, -0.2) is 84.2 Å². The Labute approximate surface area is 229 Å². The molecule has 3 N–H and O–H groups in total. The maximum absolute atomic E-state index is 13.8. The summed E-state index contributed by atoms with van der Waals surface area (Å²) in [6.45, 7) is 2.34. The van der Waals surface area contributed by atoms with Crippen molar-refractivity contribution in [3.63, 3.8) is 0 Å². The monoisotopic (exact) mass is 609 g/mol. The van der Waals surface area contributed by atoms with Crippen molar-refractivity contribution in [1.29, 1.82) is 0 Å². The number of benzene rings is 1. The predicted octanol–water partition coefficient (Wildman–Crippen LogP) is 1.85. The molecule has 1 aromatic heterocycles. The molecule has 0 bridgehead atoms. The molecule has 0 radical (unpaired) electrons. The van der Waals surface area contributed by atoms with E-state index in [-0.39, 0.29) is 31.9 Å². The fourth-order valence-electron chi connectivity index (χ4n) is 4.13. The minimum atomic E-state index is -1.22. The Bertz CT molecular complexity index is 1270. The molecule has 4 rings (SSSR count). The van der Waals surface area contributed by atoms with Gasteiger partial charge in [-0.25, -0.2) is 14.2 Å². The fourth-order valence-corrected chi connectivity index (χ4v) is 5.29. The summed E-state index contributed by atoms with van der Waals surface area (Å²) >= 11 is 4.66. The molecule has 0 aliphatic carbocycles. The van der Waals surface area contributed by atoms with Crippen LogP contribution in [0, 0.1) is 5.82 Å². The number of thiazole rings is 1. The molecule has 14 heteroatoms. The van der Waals surface area contributed by atoms with Crippen LogP contribution in [0.5, 0.6) is 0 Å². The third kappa shape index (κ3) is 6.43. The Morgan fingerprint density at radius 1 is 1.39 bits per heavy atom. The molecule has 0 spiro atoms. The van der Waals surface area contributed by atoms with Crippen LogP contribution in [-0.2, 0) is 23.9 Å². The zero-order valence-corrected chi connectivity index (χ0v) is 22.7. The summed E-state index contributed by atoms with van der Waals surface area (Å²) < 4.78 is 24.6. The number of morpholine rings is 1. The second-order valence-electron chi connectivity index (χ2n) is 8.29. The van der Waals surface area contributed by atoms with E-state index in [9.17, 15) is 23.9 Å². The van der Waals surface area contributed by atoms with Crippen LogP contribution in [0.4, 0.5) is 4.39 Å². The number of hydrogen-bond acceptors (Lipinski definition) is 10. The van der Waals surface area contributed by atoms with Gasteiger partial charge in [0.1, 0.15) is 24.4 Å². The van der Waals surface area contributed by atoms with E-state index in [0.717, 1.165) is 0 Å². The standard InChI is InChI=1S/C24H25BrFN5O6S/c1-2-37-18(32)10-28-22(33)17-12-36-7-6-31(17)11-16-19(24(34)35)20(14-4-3-13(26)9-15(14)25)30-21(29-16)23-27-5-8-38-23/h3-5,8-9,17,20H,2,6-7,10-12H2,1H3,(H,28,33)(H,29,30)(H,34,35). The molecule has 0 saturated carbocycles. The topological polar surface area (TPSA) is 142 Å². The zero-order valence-electron chi connectivity index (χ0n) is 20.3. The number of hydrogen-bond donors (Lipinski definition) is 3. The Kier molecular flexibility index (Phi) is 9.20. The first-order valence-electron chi connectivity index (χ1n) is 11.7. The van der Waals surface area contributed by atoms with Crippen molar-refractivity contribution in [2.24, 2.45) is 4.99 Å². The quantitative estimate of drug-likeness (QED) is 0.363.